The van der Waals surface area contributed by atoms with Crippen LogP contribution >= 0.6 is 0 Å². The van der Waals surface area contributed by atoms with Gasteiger partial charge in [-0.15, -0.1) is 0 Å². The van der Waals surface area contributed by atoms with E-state index in [0.29, 0.717) is 11.1 Å². The second-order valence-corrected chi connectivity index (χ2v) is 6.08. The standard InChI is InChI=1S/C14H15F3N2O7/c1-5(20)24-11-13(4-15)14(11,25-6(2)21)8(17)10(26-13)19-3-7(16)9(22)18-12(19)23/h3,8-11,22H,4H2,1-2H3,(H,18,23)/t8-,9?,10+,11?,13+,14+/m0/s1. The molecule has 0 aromatic carbocycles. The maximum absolute atomic E-state index is 15.2. The van der Waals surface area contributed by atoms with E-state index in [4.69, 9.17) is 14.2 Å². The van der Waals surface area contributed by atoms with Gasteiger partial charge < -0.3 is 24.6 Å². The summed E-state index contributed by atoms with van der Waals surface area (Å²) >= 11 is 0. The average molecular weight is 380 g/mol. The minimum absolute atomic E-state index is 0.423. The van der Waals surface area contributed by atoms with Crippen LogP contribution in [0.25, 0.3) is 0 Å². The summed E-state index contributed by atoms with van der Waals surface area (Å²) in [6.07, 6.45) is -7.24. The van der Waals surface area contributed by atoms with Gasteiger partial charge >= 0.3 is 18.0 Å². The number of nitrogens with one attached hydrogen (secondary N) is 1. The summed E-state index contributed by atoms with van der Waals surface area (Å²) in [5.41, 5.74) is -4.49. The van der Waals surface area contributed by atoms with Crippen LogP contribution in [0.4, 0.5) is 18.0 Å². The minimum Gasteiger partial charge on any atom is -0.455 e. The molecule has 0 spiro atoms. The zero-order chi connectivity index (χ0) is 19.4. The first-order chi connectivity index (χ1) is 12.1. The van der Waals surface area contributed by atoms with E-state index in [2.05, 4.69) is 0 Å². The third-order valence-electron chi connectivity index (χ3n) is 4.47. The number of urea groups is 1. The maximum Gasteiger partial charge on any atom is 0.326 e. The van der Waals surface area contributed by atoms with Crippen molar-refractivity contribution >= 4 is 18.0 Å². The highest BCUT2D eigenvalue weighted by Gasteiger charge is 2.94. The van der Waals surface area contributed by atoms with Gasteiger partial charge in [-0.05, 0) is 0 Å². The highest BCUT2D eigenvalue weighted by Crippen LogP contribution is 2.65. The molecule has 6 atom stereocenters. The molecule has 9 nitrogen and oxygen atoms in total. The lowest BCUT2D eigenvalue weighted by Crippen LogP contribution is -2.55. The van der Waals surface area contributed by atoms with Crippen LogP contribution < -0.4 is 5.32 Å². The molecule has 0 aromatic rings. The number of fused-ring (bicyclic) bond motifs is 1. The van der Waals surface area contributed by atoms with Crippen molar-refractivity contribution in [3.8, 4) is 0 Å². The van der Waals surface area contributed by atoms with E-state index in [1.165, 1.54) is 0 Å². The lowest BCUT2D eigenvalue weighted by atomic mass is 10.1. The lowest BCUT2D eigenvalue weighted by molar-refractivity contribution is -0.166. The molecule has 1 aliphatic carbocycles. The quantitative estimate of drug-likeness (QED) is 0.649. The largest absolute Gasteiger partial charge is 0.455 e. The molecule has 2 heterocycles. The van der Waals surface area contributed by atoms with E-state index >= 15 is 4.39 Å². The molecule has 2 fully saturated rings. The van der Waals surface area contributed by atoms with Crippen molar-refractivity contribution in [2.45, 2.75) is 49.8 Å². The number of esters is 2. The van der Waals surface area contributed by atoms with E-state index in [0.717, 1.165) is 13.8 Å². The van der Waals surface area contributed by atoms with Gasteiger partial charge in [-0.1, -0.05) is 0 Å². The van der Waals surface area contributed by atoms with Crippen LogP contribution in [-0.4, -0.2) is 70.6 Å². The number of aliphatic hydroxyl groups is 1. The highest BCUT2D eigenvalue weighted by atomic mass is 19.1. The monoisotopic (exact) mass is 380 g/mol. The van der Waals surface area contributed by atoms with Gasteiger partial charge in [0.1, 0.15) is 6.67 Å². The Labute approximate surface area is 144 Å². The van der Waals surface area contributed by atoms with Crippen molar-refractivity contribution in [1.82, 2.24) is 10.2 Å². The number of hydrogen-bond donors (Lipinski definition) is 2. The van der Waals surface area contributed by atoms with E-state index in [-0.39, 0.29) is 0 Å². The number of amides is 2. The fourth-order valence-electron chi connectivity index (χ4n) is 3.39. The average Bonchev–Trinajstić information content (AvgIpc) is 2.96. The molecule has 3 aliphatic rings. The van der Waals surface area contributed by atoms with Crippen molar-refractivity contribution in [3.63, 3.8) is 0 Å². The summed E-state index contributed by atoms with van der Waals surface area (Å²) in [5.74, 6) is -3.10. The SMILES string of the molecule is CC(=O)OC1[C@@]2(CF)O[C@@H](N3C=C(F)C(O)NC3=O)[C@H](F)[C@@]12OC(C)=O. The molecule has 1 saturated carbocycles. The Hall–Kier alpha value is -2.34. The van der Waals surface area contributed by atoms with Crippen LogP contribution in [0.2, 0.25) is 0 Å². The molecular weight excluding hydrogens is 365 g/mol. The number of carbonyl (C=O) groups excluding carboxylic acids is 3. The third kappa shape index (κ3) is 2.28. The van der Waals surface area contributed by atoms with Gasteiger partial charge in [0.05, 0.1) is 0 Å². The number of aliphatic hydroxyl groups excluding tert-OH is 1. The molecular formula is C14H15F3N2O7. The summed E-state index contributed by atoms with van der Waals surface area (Å²) in [6, 6.07) is -1.12. The molecule has 2 amide bonds. The van der Waals surface area contributed by atoms with E-state index < -0.39 is 66.4 Å². The zero-order valence-corrected chi connectivity index (χ0v) is 13.6. The Balaban J connectivity index is 1.96. The van der Waals surface area contributed by atoms with Gasteiger partial charge in [-0.3, -0.25) is 14.5 Å². The van der Waals surface area contributed by atoms with Crippen molar-refractivity contribution < 1.29 is 46.9 Å². The van der Waals surface area contributed by atoms with Gasteiger partial charge in [0.25, 0.3) is 0 Å². The fourth-order valence-corrected chi connectivity index (χ4v) is 3.39. The molecule has 2 aliphatic heterocycles. The Bertz CT molecular complexity index is 704. The first-order valence-electron chi connectivity index (χ1n) is 7.49. The molecule has 26 heavy (non-hydrogen) atoms. The first-order valence-corrected chi connectivity index (χ1v) is 7.49. The number of rotatable bonds is 4. The predicted octanol–water partition coefficient (Wildman–Crippen LogP) is -0.209. The predicted molar refractivity (Wildman–Crippen MR) is 74.1 cm³/mol. The number of nitrogens with zero attached hydrogens (tertiary/aromatic N) is 1. The van der Waals surface area contributed by atoms with Gasteiger partial charge in [-0.25, -0.2) is 18.0 Å². The summed E-state index contributed by atoms with van der Waals surface area (Å²) in [6.45, 7) is 0.521. The van der Waals surface area contributed by atoms with Crippen LogP contribution in [0.15, 0.2) is 12.0 Å². The summed E-state index contributed by atoms with van der Waals surface area (Å²) in [7, 11) is 0. The molecule has 3 rings (SSSR count). The second-order valence-electron chi connectivity index (χ2n) is 6.08. The molecule has 0 radical (unpaired) electrons. The van der Waals surface area contributed by atoms with Crippen LogP contribution in [0.5, 0.6) is 0 Å². The smallest absolute Gasteiger partial charge is 0.326 e. The molecule has 12 heteroatoms. The molecule has 1 saturated heterocycles. The Morgan fingerprint density at radius 1 is 1.42 bits per heavy atom. The molecule has 2 unspecified atom stereocenters. The van der Waals surface area contributed by atoms with Gasteiger partial charge in [-0.2, -0.15) is 0 Å². The Kier molecular flexibility index (Phi) is 4.15. The van der Waals surface area contributed by atoms with Crippen LogP contribution in [0, 0.1) is 0 Å². The second kappa shape index (κ2) is 5.84. The zero-order valence-electron chi connectivity index (χ0n) is 13.6. The van der Waals surface area contributed by atoms with Crippen LogP contribution in [0.3, 0.4) is 0 Å². The normalized spacial score (nSPS) is 41.1. The molecule has 0 aromatic heterocycles. The first kappa shape index (κ1) is 18.5. The van der Waals surface area contributed by atoms with Gasteiger partial charge in [0.2, 0.25) is 5.60 Å². The van der Waals surface area contributed by atoms with Crippen molar-refractivity contribution in [3.05, 3.63) is 12.0 Å². The van der Waals surface area contributed by atoms with Gasteiger partial charge in [0.15, 0.2) is 36.2 Å². The van der Waals surface area contributed by atoms with E-state index in [1.54, 1.807) is 5.32 Å². The van der Waals surface area contributed by atoms with Crippen LogP contribution in [-0.2, 0) is 23.8 Å². The molecule has 0 bridgehead atoms. The third-order valence-corrected chi connectivity index (χ3v) is 4.47. The minimum atomic E-state index is -2.36. The lowest BCUT2D eigenvalue weighted by Gasteiger charge is -2.33. The Morgan fingerprint density at radius 3 is 2.62 bits per heavy atom. The van der Waals surface area contributed by atoms with E-state index in [1.807, 2.05) is 0 Å². The number of alkyl halides is 2. The maximum atomic E-state index is 15.2. The summed E-state index contributed by atoms with van der Waals surface area (Å²) in [4.78, 5) is 34.9. The van der Waals surface area contributed by atoms with Crippen molar-refractivity contribution in [1.29, 1.82) is 0 Å². The van der Waals surface area contributed by atoms with Crippen LogP contribution in [0.1, 0.15) is 13.8 Å². The number of halogens is 3. The summed E-state index contributed by atoms with van der Waals surface area (Å²) in [5, 5.41) is 11.0. The summed E-state index contributed by atoms with van der Waals surface area (Å²) < 4.78 is 57.5. The van der Waals surface area contributed by atoms with E-state index in [9.17, 15) is 28.3 Å². The van der Waals surface area contributed by atoms with Crippen molar-refractivity contribution in [2.75, 3.05) is 6.67 Å². The topological polar surface area (TPSA) is 114 Å². The van der Waals surface area contributed by atoms with Gasteiger partial charge in [0, 0.05) is 20.0 Å². The molecule has 2 N–H and O–H groups in total. The number of ether oxygens (including phenoxy) is 3. The van der Waals surface area contributed by atoms with Crippen molar-refractivity contribution in [2.24, 2.45) is 0 Å². The highest BCUT2D eigenvalue weighted by molar-refractivity contribution is 5.78. The fraction of sp³-hybridized carbons (Fsp3) is 0.643. The number of carbonyl (C=O) groups is 3. The Morgan fingerprint density at radius 2 is 2.08 bits per heavy atom. The number of hydrogen-bond acceptors (Lipinski definition) is 7. The molecule has 144 valence electrons.